The van der Waals surface area contributed by atoms with Gasteiger partial charge in [-0.25, -0.2) is 0 Å². The summed E-state index contributed by atoms with van der Waals surface area (Å²) in [5.41, 5.74) is 0.815. The molecule has 0 aromatic heterocycles. The highest BCUT2D eigenvalue weighted by atomic mass is 16.6. The van der Waals surface area contributed by atoms with E-state index in [-0.39, 0.29) is 0 Å². The summed E-state index contributed by atoms with van der Waals surface area (Å²) in [7, 11) is 1.63. The number of rotatable bonds is 4. The van der Waals surface area contributed by atoms with E-state index in [1.165, 1.54) is 0 Å². The van der Waals surface area contributed by atoms with Crippen LogP contribution in [0.3, 0.4) is 0 Å². The molecular weight excluding hydrogens is 178 g/mol. The highest BCUT2D eigenvalue weighted by Gasteiger charge is 2.23. The Kier molecular flexibility index (Phi) is 2.68. The van der Waals surface area contributed by atoms with Crippen LogP contribution < -0.4 is 4.74 Å². The number of methoxy groups -OCH3 is 1. The molecule has 1 aromatic carbocycles. The fraction of sp³-hybridized carbons (Fsp3) is 0.364. The van der Waals surface area contributed by atoms with E-state index in [4.69, 9.17) is 9.57 Å². The van der Waals surface area contributed by atoms with Crippen molar-refractivity contribution in [3.63, 3.8) is 0 Å². The molecule has 0 unspecified atom stereocenters. The van der Waals surface area contributed by atoms with Gasteiger partial charge >= 0.3 is 0 Å². The Balaban J connectivity index is 2.02. The molecule has 1 aliphatic carbocycles. The fourth-order valence-corrected chi connectivity index (χ4v) is 1.06. The maximum atomic E-state index is 5.14. The summed E-state index contributed by atoms with van der Waals surface area (Å²) in [6.45, 7) is 0. The Morgan fingerprint density at radius 3 is 2.86 bits per heavy atom. The highest BCUT2D eigenvalue weighted by molar-refractivity contribution is 5.82. The number of para-hydroxylation sites is 1. The molecular formula is C11H12NO2. The number of hydrogen-bond acceptors (Lipinski definition) is 3. The molecule has 1 aliphatic rings. The smallest absolute Gasteiger partial charge is 0.143 e. The first-order valence-corrected chi connectivity index (χ1v) is 4.65. The van der Waals surface area contributed by atoms with Crippen LogP contribution in [0, 0.1) is 0 Å². The third kappa shape index (κ3) is 2.25. The zero-order valence-corrected chi connectivity index (χ0v) is 8.06. The second-order valence-electron chi connectivity index (χ2n) is 3.21. The molecule has 0 heterocycles. The van der Waals surface area contributed by atoms with Crippen molar-refractivity contribution in [3.05, 3.63) is 29.8 Å². The van der Waals surface area contributed by atoms with Crippen LogP contribution in [0.25, 0.3) is 0 Å². The molecule has 2 rings (SSSR count). The van der Waals surface area contributed by atoms with E-state index in [0.29, 0.717) is 6.10 Å². The Bertz CT molecular complexity index is 332. The first kappa shape index (κ1) is 9.06. The Labute approximate surface area is 83.3 Å². The highest BCUT2D eigenvalue weighted by Crippen LogP contribution is 2.23. The predicted octanol–water partition coefficient (Wildman–Crippen LogP) is 2.09. The molecule has 0 bridgehead atoms. The number of benzene rings is 1. The largest absolute Gasteiger partial charge is 0.496 e. The van der Waals surface area contributed by atoms with Gasteiger partial charge in [0.25, 0.3) is 0 Å². The molecule has 3 nitrogen and oxygen atoms in total. The third-order valence-corrected chi connectivity index (χ3v) is 2.00. The lowest BCUT2D eigenvalue weighted by molar-refractivity contribution is 0.130. The average Bonchev–Trinajstić information content (AvgIpc) is 3.03. The number of ether oxygens (including phenoxy) is 1. The summed E-state index contributed by atoms with van der Waals surface area (Å²) in [6.07, 6.45) is 5.35. The van der Waals surface area contributed by atoms with Gasteiger partial charge in [0.05, 0.1) is 7.11 Å². The molecule has 0 saturated heterocycles. The van der Waals surface area contributed by atoms with Crippen molar-refractivity contribution in [2.24, 2.45) is 5.16 Å². The molecule has 3 heteroatoms. The monoisotopic (exact) mass is 190 g/mol. The Morgan fingerprint density at radius 2 is 2.14 bits per heavy atom. The van der Waals surface area contributed by atoms with Crippen molar-refractivity contribution >= 4 is 6.21 Å². The van der Waals surface area contributed by atoms with Gasteiger partial charge in [-0.15, -0.1) is 0 Å². The van der Waals surface area contributed by atoms with Crippen molar-refractivity contribution in [1.82, 2.24) is 0 Å². The lowest BCUT2D eigenvalue weighted by atomic mass is 10.2. The van der Waals surface area contributed by atoms with Gasteiger partial charge in [-0.3, -0.25) is 0 Å². The molecule has 1 radical (unpaired) electrons. The Morgan fingerprint density at radius 1 is 1.36 bits per heavy atom. The van der Waals surface area contributed by atoms with Gasteiger partial charge in [-0.2, -0.15) is 0 Å². The van der Waals surface area contributed by atoms with E-state index in [9.17, 15) is 0 Å². The molecule has 0 aliphatic heterocycles. The Hall–Kier alpha value is -1.51. The van der Waals surface area contributed by atoms with Crippen LogP contribution in [0.15, 0.2) is 29.4 Å². The van der Waals surface area contributed by atoms with E-state index in [1.54, 1.807) is 7.11 Å². The normalized spacial score (nSPS) is 15.8. The van der Waals surface area contributed by atoms with E-state index in [0.717, 1.165) is 24.2 Å². The summed E-state index contributed by atoms with van der Waals surface area (Å²) in [4.78, 5) is 5.11. The summed E-state index contributed by atoms with van der Waals surface area (Å²) in [6, 6.07) is 7.58. The lowest BCUT2D eigenvalue weighted by Gasteiger charge is -2.01. The second-order valence-corrected chi connectivity index (χ2v) is 3.21. The van der Waals surface area contributed by atoms with Crippen molar-refractivity contribution in [1.29, 1.82) is 0 Å². The van der Waals surface area contributed by atoms with E-state index in [2.05, 4.69) is 11.4 Å². The van der Waals surface area contributed by atoms with E-state index < -0.39 is 0 Å². The van der Waals surface area contributed by atoms with Crippen LogP contribution in [-0.4, -0.2) is 19.4 Å². The van der Waals surface area contributed by atoms with Gasteiger partial charge in [0, 0.05) is 5.56 Å². The van der Waals surface area contributed by atoms with Gasteiger partial charge < -0.3 is 9.57 Å². The van der Waals surface area contributed by atoms with Crippen molar-refractivity contribution in [3.8, 4) is 5.75 Å². The van der Waals surface area contributed by atoms with Crippen LogP contribution in [0.1, 0.15) is 18.4 Å². The summed E-state index contributed by atoms with van der Waals surface area (Å²) in [5, 5.41) is 3.78. The van der Waals surface area contributed by atoms with Crippen LogP contribution >= 0.6 is 0 Å². The van der Waals surface area contributed by atoms with Crippen LogP contribution in [0.2, 0.25) is 0 Å². The topological polar surface area (TPSA) is 30.8 Å². The molecule has 14 heavy (non-hydrogen) atoms. The summed E-state index contributed by atoms with van der Waals surface area (Å²) >= 11 is 0. The molecule has 0 amide bonds. The molecule has 0 atom stereocenters. The molecule has 1 aromatic rings. The quantitative estimate of drug-likeness (QED) is 0.537. The van der Waals surface area contributed by atoms with Gasteiger partial charge in [0.1, 0.15) is 18.1 Å². The number of nitrogens with zero attached hydrogens (tertiary/aromatic N) is 1. The van der Waals surface area contributed by atoms with Crippen LogP contribution in [0.4, 0.5) is 0 Å². The molecule has 1 fully saturated rings. The summed E-state index contributed by atoms with van der Waals surface area (Å²) in [5.74, 6) is 0.760. The van der Waals surface area contributed by atoms with Gasteiger partial charge in [0.2, 0.25) is 0 Å². The molecule has 1 saturated carbocycles. The molecule has 0 N–H and O–H groups in total. The zero-order valence-electron chi connectivity index (χ0n) is 8.06. The summed E-state index contributed by atoms with van der Waals surface area (Å²) < 4.78 is 5.14. The third-order valence-electron chi connectivity index (χ3n) is 2.00. The minimum atomic E-state index is 0.317. The maximum Gasteiger partial charge on any atom is 0.143 e. The van der Waals surface area contributed by atoms with Crippen molar-refractivity contribution < 1.29 is 9.57 Å². The van der Waals surface area contributed by atoms with Crippen molar-refractivity contribution in [2.75, 3.05) is 7.11 Å². The minimum Gasteiger partial charge on any atom is -0.496 e. The van der Waals surface area contributed by atoms with E-state index in [1.807, 2.05) is 24.3 Å². The predicted molar refractivity (Wildman–Crippen MR) is 53.6 cm³/mol. The second kappa shape index (κ2) is 4.13. The fourth-order valence-electron chi connectivity index (χ4n) is 1.06. The van der Waals surface area contributed by atoms with Gasteiger partial charge in [-0.05, 0) is 25.0 Å². The average molecular weight is 190 g/mol. The standard InChI is InChI=1S/C11H12NO2/c1-13-11-5-3-2-4-9(11)8-12-14-10-6-7-10/h2-5,10H,6-7H2,1H3. The van der Waals surface area contributed by atoms with Crippen LogP contribution in [0.5, 0.6) is 5.75 Å². The SMILES string of the molecule is COc1ccccc1/[C]=N/OC1CC1. The first-order valence-electron chi connectivity index (χ1n) is 4.65. The number of hydrogen-bond donors (Lipinski definition) is 0. The van der Waals surface area contributed by atoms with Gasteiger partial charge in [-0.1, -0.05) is 17.3 Å². The minimum absolute atomic E-state index is 0.317. The zero-order chi connectivity index (χ0) is 9.80. The molecule has 73 valence electrons. The maximum absolute atomic E-state index is 5.14. The van der Waals surface area contributed by atoms with Crippen molar-refractivity contribution in [2.45, 2.75) is 18.9 Å². The molecule has 0 spiro atoms. The lowest BCUT2D eigenvalue weighted by Crippen LogP contribution is -1.91. The van der Waals surface area contributed by atoms with Gasteiger partial charge in [0.15, 0.2) is 0 Å². The van der Waals surface area contributed by atoms with E-state index >= 15 is 0 Å². The first-order chi connectivity index (χ1) is 6.90. The van der Waals surface area contributed by atoms with Crippen LogP contribution in [-0.2, 0) is 4.84 Å².